The Labute approximate surface area is 161 Å². The van der Waals surface area contributed by atoms with Crippen molar-refractivity contribution >= 4 is 32.9 Å². The molecule has 4 rings (SSSR count). The molecule has 0 saturated heterocycles. The third-order valence-corrected chi connectivity index (χ3v) is 4.65. The van der Waals surface area contributed by atoms with Gasteiger partial charge in [-0.1, -0.05) is 12.1 Å². The summed E-state index contributed by atoms with van der Waals surface area (Å²) in [4.78, 5) is 25.3. The Morgan fingerprint density at radius 1 is 1.22 bits per heavy atom. The number of rotatable bonds is 3. The average Bonchev–Trinajstić information content (AvgIpc) is 3.07. The highest BCUT2D eigenvalue weighted by molar-refractivity contribution is 9.10. The van der Waals surface area contributed by atoms with E-state index in [0.717, 1.165) is 0 Å². The van der Waals surface area contributed by atoms with Crippen LogP contribution in [0, 0.1) is 0 Å². The molecule has 0 radical (unpaired) electrons. The summed E-state index contributed by atoms with van der Waals surface area (Å²) < 4.78 is 22.3. The molecule has 7 nitrogen and oxygen atoms in total. The van der Waals surface area contributed by atoms with Crippen LogP contribution in [0.15, 0.2) is 66.2 Å². The van der Waals surface area contributed by atoms with Gasteiger partial charge in [-0.05, 0) is 47.1 Å². The zero-order valence-electron chi connectivity index (χ0n) is 14.2. The molecule has 0 spiro atoms. The van der Waals surface area contributed by atoms with E-state index in [0.29, 0.717) is 21.4 Å². The van der Waals surface area contributed by atoms with E-state index >= 15 is 0 Å². The van der Waals surface area contributed by atoms with Crippen LogP contribution >= 0.6 is 15.9 Å². The number of carbonyl (C=O) groups excluding carboxylic acids is 1. The van der Waals surface area contributed by atoms with Gasteiger partial charge in [-0.2, -0.15) is 0 Å². The smallest absolute Gasteiger partial charge is 0.344 e. The second-order valence-electron chi connectivity index (χ2n) is 5.80. The molecule has 1 aliphatic heterocycles. The van der Waals surface area contributed by atoms with Gasteiger partial charge in [-0.25, -0.2) is 9.59 Å². The molecule has 27 heavy (non-hydrogen) atoms. The summed E-state index contributed by atoms with van der Waals surface area (Å²) >= 11 is 3.24. The van der Waals surface area contributed by atoms with Crippen molar-refractivity contribution in [3.63, 3.8) is 0 Å². The molecule has 3 aromatic rings. The Morgan fingerprint density at radius 3 is 2.70 bits per heavy atom. The van der Waals surface area contributed by atoms with Crippen LogP contribution in [0.1, 0.15) is 24.2 Å². The SMILES string of the molecule is CCOC(=O)C1=C(N)Oc2c(c(=O)oc3ccccc23)[C@@H]1c1ccc(Br)o1. The van der Waals surface area contributed by atoms with Crippen LogP contribution < -0.4 is 16.1 Å². The van der Waals surface area contributed by atoms with E-state index in [1.807, 2.05) is 0 Å². The third-order valence-electron chi connectivity index (χ3n) is 4.23. The van der Waals surface area contributed by atoms with Gasteiger partial charge in [0.05, 0.1) is 23.5 Å². The first-order valence-corrected chi connectivity index (χ1v) is 8.96. The van der Waals surface area contributed by atoms with E-state index in [4.69, 9.17) is 24.0 Å². The summed E-state index contributed by atoms with van der Waals surface area (Å²) in [6.07, 6.45) is 0. The number of furan rings is 1. The molecule has 138 valence electrons. The fourth-order valence-corrected chi connectivity index (χ4v) is 3.46. The molecule has 1 aliphatic rings. The first-order chi connectivity index (χ1) is 13.0. The number of fused-ring (bicyclic) bond motifs is 3. The van der Waals surface area contributed by atoms with Gasteiger partial charge in [0.2, 0.25) is 5.88 Å². The van der Waals surface area contributed by atoms with E-state index in [2.05, 4.69) is 15.9 Å². The Bertz CT molecular complexity index is 1140. The maximum absolute atomic E-state index is 12.8. The molecule has 0 unspecified atom stereocenters. The zero-order valence-corrected chi connectivity index (χ0v) is 15.7. The molecular formula is C19H14BrNO6. The number of esters is 1. The molecule has 0 amide bonds. The molecule has 1 atom stereocenters. The molecule has 1 aromatic carbocycles. The van der Waals surface area contributed by atoms with E-state index in [9.17, 15) is 9.59 Å². The lowest BCUT2D eigenvalue weighted by atomic mass is 9.87. The predicted octanol–water partition coefficient (Wildman–Crippen LogP) is 3.41. The Balaban J connectivity index is 2.04. The largest absolute Gasteiger partial charge is 0.462 e. The molecule has 0 bridgehead atoms. The van der Waals surface area contributed by atoms with Crippen molar-refractivity contribution < 1.29 is 23.1 Å². The lowest BCUT2D eigenvalue weighted by Crippen LogP contribution is -2.30. The van der Waals surface area contributed by atoms with E-state index in [1.54, 1.807) is 43.3 Å². The third kappa shape index (κ3) is 2.82. The molecule has 0 saturated carbocycles. The summed E-state index contributed by atoms with van der Waals surface area (Å²) in [5.74, 6) is -1.18. The van der Waals surface area contributed by atoms with Crippen LogP contribution in [-0.2, 0) is 9.53 Å². The summed E-state index contributed by atoms with van der Waals surface area (Å²) in [7, 11) is 0. The first kappa shape index (κ1) is 17.4. The standard InChI is InChI=1S/C19H14BrNO6/c1-2-24-18(22)15-13(11-7-8-12(20)25-11)14-16(27-17(15)21)9-5-3-4-6-10(9)26-19(14)23/h3-8,13H,2,21H2,1H3/t13-/m0/s1. The topological polar surface area (TPSA) is 105 Å². The summed E-state index contributed by atoms with van der Waals surface area (Å²) in [5.41, 5.74) is 5.91. The Kier molecular flexibility index (Phi) is 4.27. The number of ether oxygens (including phenoxy) is 2. The van der Waals surface area contributed by atoms with Gasteiger partial charge in [0.1, 0.15) is 16.9 Å². The predicted molar refractivity (Wildman–Crippen MR) is 99.2 cm³/mol. The monoisotopic (exact) mass is 431 g/mol. The highest BCUT2D eigenvalue weighted by atomic mass is 79.9. The van der Waals surface area contributed by atoms with Crippen molar-refractivity contribution in [2.24, 2.45) is 5.73 Å². The number of para-hydroxylation sites is 1. The molecule has 8 heteroatoms. The van der Waals surface area contributed by atoms with Gasteiger partial charge in [-0.3, -0.25) is 0 Å². The van der Waals surface area contributed by atoms with Gasteiger partial charge in [0, 0.05) is 0 Å². The lowest BCUT2D eigenvalue weighted by molar-refractivity contribution is -0.139. The van der Waals surface area contributed by atoms with Crippen LogP contribution in [0.4, 0.5) is 0 Å². The summed E-state index contributed by atoms with van der Waals surface area (Å²) in [6.45, 7) is 1.82. The van der Waals surface area contributed by atoms with Crippen molar-refractivity contribution in [1.29, 1.82) is 0 Å². The summed E-state index contributed by atoms with van der Waals surface area (Å²) in [5, 5.41) is 0.564. The fraction of sp³-hybridized carbons (Fsp3) is 0.158. The molecule has 3 heterocycles. The highest BCUT2D eigenvalue weighted by Crippen LogP contribution is 2.44. The number of halogens is 1. The number of nitrogens with two attached hydrogens (primary N) is 1. The van der Waals surface area contributed by atoms with Gasteiger partial charge in [0.15, 0.2) is 10.4 Å². The van der Waals surface area contributed by atoms with Crippen LogP contribution in [-0.4, -0.2) is 12.6 Å². The number of hydrogen-bond donors (Lipinski definition) is 1. The maximum Gasteiger partial charge on any atom is 0.344 e. The van der Waals surface area contributed by atoms with Crippen LogP contribution in [0.3, 0.4) is 0 Å². The van der Waals surface area contributed by atoms with Crippen LogP contribution in [0.5, 0.6) is 5.75 Å². The normalized spacial score (nSPS) is 16.1. The Hall–Kier alpha value is -3.00. The highest BCUT2D eigenvalue weighted by Gasteiger charge is 2.41. The number of carbonyl (C=O) groups is 1. The minimum absolute atomic E-state index is 0.00576. The van der Waals surface area contributed by atoms with E-state index in [-0.39, 0.29) is 29.4 Å². The molecule has 2 aromatic heterocycles. The van der Waals surface area contributed by atoms with Gasteiger partial charge in [0.25, 0.3) is 0 Å². The van der Waals surface area contributed by atoms with Crippen molar-refractivity contribution in [1.82, 2.24) is 0 Å². The fourth-order valence-electron chi connectivity index (χ4n) is 3.14. The Morgan fingerprint density at radius 2 is 2.00 bits per heavy atom. The van der Waals surface area contributed by atoms with Crippen molar-refractivity contribution in [2.45, 2.75) is 12.8 Å². The van der Waals surface area contributed by atoms with Gasteiger partial charge in [-0.15, -0.1) is 0 Å². The minimum Gasteiger partial charge on any atom is -0.462 e. The van der Waals surface area contributed by atoms with Gasteiger partial charge >= 0.3 is 11.6 Å². The van der Waals surface area contributed by atoms with E-state index < -0.39 is 17.5 Å². The second-order valence-corrected chi connectivity index (χ2v) is 6.59. The molecule has 0 fully saturated rings. The van der Waals surface area contributed by atoms with Crippen molar-refractivity contribution in [3.8, 4) is 5.75 Å². The zero-order chi connectivity index (χ0) is 19.1. The lowest BCUT2D eigenvalue weighted by Gasteiger charge is -2.26. The molecule has 0 aliphatic carbocycles. The number of benzene rings is 1. The molecular weight excluding hydrogens is 418 g/mol. The summed E-state index contributed by atoms with van der Waals surface area (Å²) in [6, 6.07) is 10.2. The van der Waals surface area contributed by atoms with Crippen LogP contribution in [0.25, 0.3) is 11.0 Å². The average molecular weight is 432 g/mol. The minimum atomic E-state index is -0.917. The first-order valence-electron chi connectivity index (χ1n) is 8.16. The molecule has 2 N–H and O–H groups in total. The van der Waals surface area contributed by atoms with Crippen molar-refractivity contribution in [2.75, 3.05) is 6.61 Å². The quantitative estimate of drug-likeness (QED) is 0.500. The van der Waals surface area contributed by atoms with Crippen LogP contribution in [0.2, 0.25) is 0 Å². The maximum atomic E-state index is 12.8. The van der Waals surface area contributed by atoms with Gasteiger partial charge < -0.3 is 24.0 Å². The van der Waals surface area contributed by atoms with Crippen molar-refractivity contribution in [3.05, 3.63) is 74.3 Å². The second kappa shape index (κ2) is 6.62. The number of hydrogen-bond acceptors (Lipinski definition) is 7. The van der Waals surface area contributed by atoms with E-state index in [1.165, 1.54) is 0 Å².